The Hall–Kier alpha value is -0.200. The molecule has 0 aromatic rings. The van der Waals surface area contributed by atoms with Crippen molar-refractivity contribution in [1.82, 2.24) is 5.32 Å². The first-order valence-corrected chi connectivity index (χ1v) is 6.80. The van der Waals surface area contributed by atoms with Crippen LogP contribution in [0.5, 0.6) is 0 Å². The molecule has 0 saturated carbocycles. The molecule has 0 bridgehead atoms. The van der Waals surface area contributed by atoms with E-state index in [0.29, 0.717) is 13.2 Å². The number of rotatable bonds is 12. The minimum atomic E-state index is -0.748. The fraction of sp³-hybridized carbons (Fsp3) is 1.00. The van der Waals surface area contributed by atoms with E-state index in [1.54, 1.807) is 6.92 Å². The van der Waals surface area contributed by atoms with Gasteiger partial charge in [-0.05, 0) is 13.3 Å². The van der Waals surface area contributed by atoms with Crippen LogP contribution < -0.4 is 5.32 Å². The van der Waals surface area contributed by atoms with Gasteiger partial charge in [0.25, 0.3) is 0 Å². The fourth-order valence-electron chi connectivity index (χ4n) is 1.44. The van der Waals surface area contributed by atoms with E-state index in [-0.39, 0.29) is 19.8 Å². The Kier molecular flexibility index (Phi) is 10.6. The normalized spacial score (nSPS) is 13.8. The zero-order valence-corrected chi connectivity index (χ0v) is 11.7. The second-order valence-corrected chi connectivity index (χ2v) is 5.05. The summed E-state index contributed by atoms with van der Waals surface area (Å²) in [5, 5.41) is 30.7. The first-order chi connectivity index (χ1) is 8.58. The van der Waals surface area contributed by atoms with Gasteiger partial charge in [-0.1, -0.05) is 26.2 Å². The van der Waals surface area contributed by atoms with Gasteiger partial charge in [0.15, 0.2) is 0 Å². The SMILES string of the molecule is CCCCCCOCC(O)CNC(C)(CO)CO. The van der Waals surface area contributed by atoms with Crippen molar-refractivity contribution in [3.05, 3.63) is 0 Å². The van der Waals surface area contributed by atoms with Crippen LogP contribution in [0, 0.1) is 0 Å². The third kappa shape index (κ3) is 8.83. The first kappa shape index (κ1) is 17.8. The van der Waals surface area contributed by atoms with E-state index < -0.39 is 11.6 Å². The largest absolute Gasteiger partial charge is 0.394 e. The van der Waals surface area contributed by atoms with E-state index in [1.165, 1.54) is 12.8 Å². The second-order valence-electron chi connectivity index (χ2n) is 5.05. The average Bonchev–Trinajstić information content (AvgIpc) is 2.40. The highest BCUT2D eigenvalue weighted by molar-refractivity contribution is 4.82. The van der Waals surface area contributed by atoms with Gasteiger partial charge < -0.3 is 25.4 Å². The quantitative estimate of drug-likeness (QED) is 0.380. The van der Waals surface area contributed by atoms with Crippen molar-refractivity contribution in [3.63, 3.8) is 0 Å². The standard InChI is InChI=1S/C13H29NO4/c1-3-4-5-6-7-18-9-12(17)8-14-13(2,10-15)11-16/h12,14-17H,3-11H2,1-2H3. The molecule has 0 spiro atoms. The molecule has 0 rings (SSSR count). The monoisotopic (exact) mass is 263 g/mol. The summed E-state index contributed by atoms with van der Waals surface area (Å²) in [6.07, 6.45) is 4.00. The highest BCUT2D eigenvalue weighted by atomic mass is 16.5. The Morgan fingerprint density at radius 1 is 1.17 bits per heavy atom. The maximum atomic E-state index is 9.66. The van der Waals surface area contributed by atoms with Crippen molar-refractivity contribution < 1.29 is 20.1 Å². The van der Waals surface area contributed by atoms with Crippen LogP contribution >= 0.6 is 0 Å². The molecular weight excluding hydrogens is 234 g/mol. The summed E-state index contributed by atoms with van der Waals surface area (Å²) < 4.78 is 5.36. The minimum absolute atomic E-state index is 0.173. The Balaban J connectivity index is 3.50. The average molecular weight is 263 g/mol. The highest BCUT2D eigenvalue weighted by Gasteiger charge is 2.22. The zero-order chi connectivity index (χ0) is 13.9. The summed E-state index contributed by atoms with van der Waals surface area (Å²) in [4.78, 5) is 0. The van der Waals surface area contributed by atoms with Gasteiger partial charge in [-0.3, -0.25) is 0 Å². The molecule has 0 aromatic heterocycles. The predicted octanol–water partition coefficient (Wildman–Crippen LogP) is 0.277. The molecule has 0 heterocycles. The number of aliphatic hydroxyl groups excluding tert-OH is 3. The van der Waals surface area contributed by atoms with Crippen molar-refractivity contribution in [3.8, 4) is 0 Å². The Morgan fingerprint density at radius 3 is 2.39 bits per heavy atom. The molecule has 5 nitrogen and oxygen atoms in total. The Morgan fingerprint density at radius 2 is 1.83 bits per heavy atom. The summed E-state index contributed by atoms with van der Waals surface area (Å²) in [5.41, 5.74) is -0.748. The molecule has 5 heteroatoms. The van der Waals surface area contributed by atoms with Gasteiger partial charge in [0.1, 0.15) is 0 Å². The number of nitrogens with one attached hydrogen (secondary N) is 1. The van der Waals surface area contributed by atoms with Crippen LogP contribution in [0.3, 0.4) is 0 Å². The van der Waals surface area contributed by atoms with Gasteiger partial charge in [-0.15, -0.1) is 0 Å². The maximum absolute atomic E-state index is 9.66. The van der Waals surface area contributed by atoms with Crippen LogP contribution in [-0.2, 0) is 4.74 Å². The van der Waals surface area contributed by atoms with E-state index in [9.17, 15) is 5.11 Å². The second kappa shape index (κ2) is 10.7. The number of β-amino-alcohol motifs (C(OH)–C–C–N with tert-alkyl or cyclic N) is 1. The molecule has 110 valence electrons. The minimum Gasteiger partial charge on any atom is -0.394 e. The molecule has 18 heavy (non-hydrogen) atoms. The third-order valence-electron chi connectivity index (χ3n) is 2.91. The van der Waals surface area contributed by atoms with Crippen LogP contribution in [0.1, 0.15) is 39.5 Å². The number of ether oxygens (including phenoxy) is 1. The summed E-state index contributed by atoms with van der Waals surface area (Å²) in [6, 6.07) is 0. The molecule has 4 N–H and O–H groups in total. The molecule has 0 aromatic carbocycles. The van der Waals surface area contributed by atoms with E-state index in [1.807, 2.05) is 0 Å². The highest BCUT2D eigenvalue weighted by Crippen LogP contribution is 2.01. The molecule has 0 aliphatic carbocycles. The van der Waals surface area contributed by atoms with E-state index >= 15 is 0 Å². The van der Waals surface area contributed by atoms with Gasteiger partial charge >= 0.3 is 0 Å². The zero-order valence-electron chi connectivity index (χ0n) is 11.7. The third-order valence-corrected chi connectivity index (χ3v) is 2.91. The lowest BCUT2D eigenvalue weighted by atomic mass is 10.1. The van der Waals surface area contributed by atoms with E-state index in [2.05, 4.69) is 12.2 Å². The summed E-state index contributed by atoms with van der Waals surface area (Å²) >= 11 is 0. The molecule has 1 atom stereocenters. The number of hydrogen-bond donors (Lipinski definition) is 4. The lowest BCUT2D eigenvalue weighted by molar-refractivity contribution is 0.0236. The number of unbranched alkanes of at least 4 members (excludes halogenated alkanes) is 3. The summed E-state index contributed by atoms with van der Waals surface area (Å²) in [5.74, 6) is 0. The molecule has 1 unspecified atom stereocenters. The predicted molar refractivity (Wildman–Crippen MR) is 71.5 cm³/mol. The van der Waals surface area contributed by atoms with Crippen LogP contribution in [0.15, 0.2) is 0 Å². The lowest BCUT2D eigenvalue weighted by Gasteiger charge is -2.27. The summed E-state index contributed by atoms with van der Waals surface area (Å²) in [7, 11) is 0. The fourth-order valence-corrected chi connectivity index (χ4v) is 1.44. The molecule has 0 amide bonds. The van der Waals surface area contributed by atoms with Gasteiger partial charge in [-0.2, -0.15) is 0 Å². The number of hydrogen-bond acceptors (Lipinski definition) is 5. The molecule has 0 fully saturated rings. The number of aliphatic hydroxyl groups is 3. The topological polar surface area (TPSA) is 82.0 Å². The maximum Gasteiger partial charge on any atom is 0.0897 e. The Bertz CT molecular complexity index is 186. The van der Waals surface area contributed by atoms with Crippen molar-refractivity contribution in [1.29, 1.82) is 0 Å². The van der Waals surface area contributed by atoms with Gasteiger partial charge in [0.2, 0.25) is 0 Å². The van der Waals surface area contributed by atoms with E-state index in [4.69, 9.17) is 14.9 Å². The Labute approximate surface area is 110 Å². The van der Waals surface area contributed by atoms with Crippen molar-refractivity contribution >= 4 is 0 Å². The molecular formula is C13H29NO4. The van der Waals surface area contributed by atoms with Gasteiger partial charge in [-0.25, -0.2) is 0 Å². The lowest BCUT2D eigenvalue weighted by Crippen LogP contribution is -2.52. The van der Waals surface area contributed by atoms with Crippen LogP contribution in [0.4, 0.5) is 0 Å². The van der Waals surface area contributed by atoms with E-state index in [0.717, 1.165) is 12.8 Å². The molecule has 0 aliphatic rings. The van der Waals surface area contributed by atoms with Gasteiger partial charge in [0, 0.05) is 13.2 Å². The van der Waals surface area contributed by atoms with Crippen molar-refractivity contribution in [2.75, 3.05) is 33.0 Å². The van der Waals surface area contributed by atoms with Crippen molar-refractivity contribution in [2.24, 2.45) is 0 Å². The van der Waals surface area contributed by atoms with Crippen LogP contribution in [0.25, 0.3) is 0 Å². The summed E-state index contributed by atoms with van der Waals surface area (Å²) in [6.45, 7) is 4.77. The molecule has 0 radical (unpaired) electrons. The smallest absolute Gasteiger partial charge is 0.0897 e. The van der Waals surface area contributed by atoms with Crippen LogP contribution in [-0.4, -0.2) is 59.9 Å². The first-order valence-electron chi connectivity index (χ1n) is 6.80. The molecule has 0 saturated heterocycles. The van der Waals surface area contributed by atoms with Gasteiger partial charge in [0.05, 0.1) is 31.5 Å². The van der Waals surface area contributed by atoms with Crippen molar-refractivity contribution in [2.45, 2.75) is 51.2 Å². The molecule has 0 aliphatic heterocycles. The van der Waals surface area contributed by atoms with Crippen LogP contribution in [0.2, 0.25) is 0 Å².